The van der Waals surface area contributed by atoms with Gasteiger partial charge in [-0.05, 0) is 53.4 Å². The van der Waals surface area contributed by atoms with Gasteiger partial charge >= 0.3 is 0 Å². The molecule has 0 spiro atoms. The van der Waals surface area contributed by atoms with Crippen LogP contribution in [0.4, 0.5) is 0 Å². The van der Waals surface area contributed by atoms with Gasteiger partial charge in [-0.1, -0.05) is 61.3 Å². The van der Waals surface area contributed by atoms with Crippen LogP contribution in [0.3, 0.4) is 0 Å². The number of hydrogen-bond acceptors (Lipinski definition) is 2. The summed E-state index contributed by atoms with van der Waals surface area (Å²) in [6, 6.07) is 17.5. The van der Waals surface area contributed by atoms with Gasteiger partial charge in [0.2, 0.25) is 0 Å². The van der Waals surface area contributed by atoms with E-state index in [2.05, 4.69) is 24.0 Å². The summed E-state index contributed by atoms with van der Waals surface area (Å²) in [5.74, 6) is 0. The number of furan rings is 1. The molecule has 158 valence electrons. The smallest absolute Gasteiger partial charge is 0.286 e. The van der Waals surface area contributed by atoms with Crippen molar-refractivity contribution in [2.75, 3.05) is 0 Å². The van der Waals surface area contributed by atoms with E-state index in [0.717, 1.165) is 49.9 Å². The van der Waals surface area contributed by atoms with Crippen LogP contribution in [0.1, 0.15) is 36.0 Å². The molecule has 0 radical (unpaired) electrons. The molecule has 0 aliphatic heterocycles. The minimum atomic E-state index is -1.82. The number of nitrogens with zero attached hydrogens (tertiary/aromatic N) is 2. The predicted octanol–water partition coefficient (Wildman–Crippen LogP) is 6.57. The third-order valence-corrected chi connectivity index (χ3v) is 6.29. The van der Waals surface area contributed by atoms with Crippen LogP contribution in [0.5, 0.6) is 0 Å². The molecular formula is C29H27N2O+. The lowest BCUT2D eigenvalue weighted by molar-refractivity contribution is -0.663. The summed E-state index contributed by atoms with van der Waals surface area (Å²) >= 11 is 0. The first-order valence-electron chi connectivity index (χ1n) is 12.9. The van der Waals surface area contributed by atoms with Crippen molar-refractivity contribution in [1.82, 2.24) is 4.98 Å². The Kier molecular flexibility index (Phi) is 3.25. The minimum absolute atomic E-state index is 0.406. The number of aromatic nitrogens is 2. The number of rotatable bonds is 2. The third-order valence-electron chi connectivity index (χ3n) is 6.29. The quantitative estimate of drug-likeness (QED) is 0.300. The molecule has 5 aromatic rings. The normalized spacial score (nSPS) is 19.9. The average molecular weight is 424 g/mol. The molecule has 6 rings (SSSR count). The van der Waals surface area contributed by atoms with Crippen LogP contribution in [-0.2, 0) is 19.8 Å². The van der Waals surface area contributed by atoms with E-state index in [-0.39, 0.29) is 0 Å². The van der Waals surface area contributed by atoms with E-state index in [4.69, 9.17) is 9.90 Å². The van der Waals surface area contributed by atoms with Gasteiger partial charge in [-0.15, -0.1) is 0 Å². The topological polar surface area (TPSA) is 29.9 Å². The Hall–Kier alpha value is -3.46. The van der Waals surface area contributed by atoms with E-state index in [9.17, 15) is 0 Å². The third kappa shape index (κ3) is 2.88. The van der Waals surface area contributed by atoms with Crippen LogP contribution in [-0.4, -0.2) is 4.98 Å². The molecule has 2 heterocycles. The maximum absolute atomic E-state index is 8.80. The SMILES string of the molecule is [2H]C1([2H])c2ccc(-c3cccc4c3oc3ccc(C)c(-c5ccnc[n+]5C)c34)cc2C([2H])([2H])C1(C)C. The summed E-state index contributed by atoms with van der Waals surface area (Å²) in [6.45, 7) is 5.42. The van der Waals surface area contributed by atoms with E-state index in [1.54, 1.807) is 38.5 Å². The van der Waals surface area contributed by atoms with Crippen molar-refractivity contribution in [3.63, 3.8) is 0 Å². The standard InChI is InChI=1S/C29H27N2O/c1-18-8-11-25-27(26(18)24-12-13-30-17-31(24)4)23-7-5-6-22(28(23)32-25)19-9-10-20-15-29(2,3)16-21(20)14-19/h5-14,17H,15-16H2,1-4H3/q+1/i15D2,16D2. The zero-order chi connectivity index (χ0) is 25.6. The molecule has 2 aromatic heterocycles. The van der Waals surface area contributed by atoms with Crippen molar-refractivity contribution in [2.24, 2.45) is 12.5 Å². The van der Waals surface area contributed by atoms with Gasteiger partial charge in [0.05, 0.1) is 7.05 Å². The van der Waals surface area contributed by atoms with Gasteiger partial charge in [0.1, 0.15) is 23.1 Å². The zero-order valence-corrected chi connectivity index (χ0v) is 18.7. The molecule has 0 saturated carbocycles. The van der Waals surface area contributed by atoms with E-state index in [1.807, 2.05) is 41.9 Å². The molecule has 0 bridgehead atoms. The second kappa shape index (κ2) is 6.77. The Morgan fingerprint density at radius 3 is 2.72 bits per heavy atom. The van der Waals surface area contributed by atoms with Crippen LogP contribution in [0.2, 0.25) is 0 Å². The second-order valence-corrected chi connectivity index (χ2v) is 9.13. The number of aryl methyl sites for hydroxylation is 2. The number of hydrogen-bond donors (Lipinski definition) is 0. The molecule has 1 aliphatic rings. The maximum atomic E-state index is 8.80. The lowest BCUT2D eigenvalue weighted by Gasteiger charge is -2.14. The van der Waals surface area contributed by atoms with Crippen LogP contribution >= 0.6 is 0 Å². The minimum Gasteiger partial charge on any atom is -0.455 e. The average Bonchev–Trinajstić information content (AvgIpc) is 3.26. The van der Waals surface area contributed by atoms with Crippen molar-refractivity contribution >= 4 is 21.9 Å². The maximum Gasteiger partial charge on any atom is 0.286 e. The largest absolute Gasteiger partial charge is 0.455 e. The molecule has 0 saturated heterocycles. The number of benzene rings is 3. The van der Waals surface area contributed by atoms with Gasteiger partial charge in [-0.3, -0.25) is 0 Å². The molecule has 0 fully saturated rings. The van der Waals surface area contributed by atoms with E-state index in [1.165, 1.54) is 0 Å². The number of para-hydroxylation sites is 1. The fraction of sp³-hybridized carbons (Fsp3) is 0.241. The lowest BCUT2D eigenvalue weighted by atomic mass is 9.90. The van der Waals surface area contributed by atoms with Crippen LogP contribution in [0.25, 0.3) is 44.3 Å². The van der Waals surface area contributed by atoms with E-state index in [0.29, 0.717) is 11.1 Å². The van der Waals surface area contributed by atoms with Gasteiger partial charge in [0.25, 0.3) is 6.33 Å². The van der Waals surface area contributed by atoms with Gasteiger partial charge < -0.3 is 4.42 Å². The Balaban J connectivity index is 1.63. The van der Waals surface area contributed by atoms with E-state index >= 15 is 0 Å². The van der Waals surface area contributed by atoms with Crippen molar-refractivity contribution in [2.45, 2.75) is 33.5 Å². The highest BCUT2D eigenvalue weighted by atomic mass is 16.3. The number of fused-ring (bicyclic) bond motifs is 4. The van der Waals surface area contributed by atoms with Gasteiger partial charge in [-0.2, -0.15) is 0 Å². The highest BCUT2D eigenvalue weighted by Crippen LogP contribution is 2.43. The zero-order valence-electron chi connectivity index (χ0n) is 22.7. The van der Waals surface area contributed by atoms with Gasteiger partial charge in [-0.25, -0.2) is 4.57 Å². The van der Waals surface area contributed by atoms with Gasteiger partial charge in [0, 0.05) is 33.4 Å². The molecule has 32 heavy (non-hydrogen) atoms. The summed E-state index contributed by atoms with van der Waals surface area (Å²) in [4.78, 5) is 4.23. The Bertz CT molecular complexity index is 1700. The molecule has 1 aliphatic carbocycles. The summed E-state index contributed by atoms with van der Waals surface area (Å²) in [6.07, 6.45) is -0.00783. The first-order chi connectivity index (χ1) is 17.0. The Labute approximate surface area is 194 Å². The van der Waals surface area contributed by atoms with Crippen molar-refractivity contribution in [1.29, 1.82) is 0 Å². The van der Waals surface area contributed by atoms with Crippen molar-refractivity contribution < 1.29 is 14.5 Å². The van der Waals surface area contributed by atoms with Crippen molar-refractivity contribution in [3.05, 3.63) is 83.8 Å². The fourth-order valence-corrected chi connectivity index (χ4v) is 4.87. The highest BCUT2D eigenvalue weighted by molar-refractivity contribution is 6.15. The summed E-state index contributed by atoms with van der Waals surface area (Å²) in [7, 11) is 1.98. The first kappa shape index (κ1) is 15.4. The van der Waals surface area contributed by atoms with Crippen LogP contribution in [0.15, 0.2) is 71.5 Å². The van der Waals surface area contributed by atoms with Crippen molar-refractivity contribution in [3.8, 4) is 22.4 Å². The molecule has 0 atom stereocenters. The monoisotopic (exact) mass is 423 g/mol. The summed E-state index contributed by atoms with van der Waals surface area (Å²) < 4.78 is 43.4. The van der Waals surface area contributed by atoms with Gasteiger partial charge in [0.15, 0.2) is 0 Å². The Morgan fingerprint density at radius 2 is 1.88 bits per heavy atom. The molecule has 3 nitrogen and oxygen atoms in total. The summed E-state index contributed by atoms with van der Waals surface area (Å²) in [5.41, 5.74) is 6.07. The van der Waals surface area contributed by atoms with Crippen LogP contribution < -0.4 is 4.57 Å². The van der Waals surface area contributed by atoms with Crippen LogP contribution in [0, 0.1) is 12.3 Å². The molecule has 0 amide bonds. The summed E-state index contributed by atoms with van der Waals surface area (Å²) in [5, 5.41) is 2.01. The molecule has 3 aromatic carbocycles. The molecule has 0 N–H and O–H groups in total. The lowest BCUT2D eigenvalue weighted by Crippen LogP contribution is -2.31. The van der Waals surface area contributed by atoms with E-state index < -0.39 is 18.2 Å². The fourth-order valence-electron chi connectivity index (χ4n) is 4.87. The highest BCUT2D eigenvalue weighted by Gasteiger charge is 2.28. The Morgan fingerprint density at radius 1 is 1.03 bits per heavy atom. The second-order valence-electron chi connectivity index (χ2n) is 9.13. The predicted molar refractivity (Wildman–Crippen MR) is 129 cm³/mol. The first-order valence-corrected chi connectivity index (χ1v) is 10.9. The molecule has 0 unspecified atom stereocenters. The molecule has 3 heteroatoms. The molecular weight excluding hydrogens is 392 g/mol.